The van der Waals surface area contributed by atoms with E-state index in [0.29, 0.717) is 32.4 Å². The summed E-state index contributed by atoms with van der Waals surface area (Å²) in [6.07, 6.45) is -8.01. The third-order valence-electron chi connectivity index (χ3n) is 6.74. The van der Waals surface area contributed by atoms with Crippen LogP contribution >= 0.6 is 0 Å². The zero-order chi connectivity index (χ0) is 29.2. The molecular formula is C25H30F6N6O2. The van der Waals surface area contributed by atoms with Crippen LogP contribution in [0.2, 0.25) is 0 Å². The molecule has 214 valence electrons. The van der Waals surface area contributed by atoms with Crippen LogP contribution in [-0.4, -0.2) is 60.1 Å². The van der Waals surface area contributed by atoms with E-state index in [1.807, 2.05) is 0 Å². The van der Waals surface area contributed by atoms with Gasteiger partial charge in [-0.25, -0.2) is 10.8 Å². The van der Waals surface area contributed by atoms with Crippen molar-refractivity contribution in [2.75, 3.05) is 44.0 Å². The van der Waals surface area contributed by atoms with Gasteiger partial charge in [-0.2, -0.15) is 31.6 Å². The molecule has 1 saturated heterocycles. The first kappa shape index (κ1) is 30.3. The van der Waals surface area contributed by atoms with E-state index in [1.165, 1.54) is 30.1 Å². The van der Waals surface area contributed by atoms with Gasteiger partial charge in [0.15, 0.2) is 11.3 Å². The molecular weight excluding hydrogens is 530 g/mol. The van der Waals surface area contributed by atoms with E-state index in [-0.39, 0.29) is 46.6 Å². The van der Waals surface area contributed by atoms with Gasteiger partial charge in [0.2, 0.25) is 0 Å². The van der Waals surface area contributed by atoms with E-state index < -0.39 is 30.1 Å². The molecule has 0 radical (unpaired) electrons. The smallest absolute Gasteiger partial charge is 0.419 e. The summed E-state index contributed by atoms with van der Waals surface area (Å²) in [6, 6.07) is 6.62. The summed E-state index contributed by atoms with van der Waals surface area (Å²) in [5, 5.41) is 20.1. The first-order chi connectivity index (χ1) is 18.0. The Morgan fingerprint density at radius 2 is 1.82 bits per heavy atom. The fourth-order valence-corrected chi connectivity index (χ4v) is 4.40. The molecule has 39 heavy (non-hydrogen) atoms. The third kappa shape index (κ3) is 7.23. The molecule has 0 spiro atoms. The molecule has 5 N–H and O–H groups in total. The fraction of sp³-hybridized carbons (Fsp3) is 0.520. The molecule has 8 nitrogen and oxygen atoms in total. The molecule has 1 atom stereocenters. The van der Waals surface area contributed by atoms with Crippen molar-refractivity contribution in [3.8, 4) is 23.1 Å². The van der Waals surface area contributed by atoms with E-state index in [1.54, 1.807) is 6.07 Å². The standard InChI is InChI=1S/C25H30F6N6O2/c1-23(38,25(29,30)31)14-37-8-5-15(6-9-37)7-10-39-21-4-3-16(11-17(21)24(26,27)28)18-12-20(36(2)34)22(33)19(13-32)35-18/h3-4,11-12,15,38H,5-10,14,33-34H2,1-2H3. The lowest BCUT2D eigenvalue weighted by Gasteiger charge is -2.37. The molecule has 0 saturated carbocycles. The van der Waals surface area contributed by atoms with Gasteiger partial charge in [-0.3, -0.25) is 0 Å². The zero-order valence-corrected chi connectivity index (χ0v) is 21.4. The Morgan fingerprint density at radius 3 is 2.36 bits per heavy atom. The lowest BCUT2D eigenvalue weighted by Crippen LogP contribution is -2.52. The van der Waals surface area contributed by atoms with Gasteiger partial charge >= 0.3 is 12.4 Å². The molecule has 0 aliphatic carbocycles. The minimum atomic E-state index is -4.74. The van der Waals surface area contributed by atoms with E-state index in [0.717, 1.165) is 18.0 Å². The Morgan fingerprint density at radius 1 is 1.18 bits per heavy atom. The number of rotatable bonds is 8. The minimum Gasteiger partial charge on any atom is -0.493 e. The van der Waals surface area contributed by atoms with E-state index in [4.69, 9.17) is 16.3 Å². The number of alkyl halides is 6. The number of pyridine rings is 1. The highest BCUT2D eigenvalue weighted by atomic mass is 19.4. The molecule has 1 aliphatic rings. The highest BCUT2D eigenvalue weighted by Crippen LogP contribution is 2.40. The average molecular weight is 561 g/mol. The Labute approximate surface area is 221 Å². The van der Waals surface area contributed by atoms with Gasteiger partial charge < -0.3 is 25.5 Å². The summed E-state index contributed by atoms with van der Waals surface area (Å²) in [5.41, 5.74) is 2.22. The SMILES string of the molecule is CN(N)c1cc(-c2ccc(OCCC3CCN(CC(C)(O)C(F)(F)F)CC3)c(C(F)(F)F)c2)nc(C#N)c1N. The maximum absolute atomic E-state index is 13.9. The number of halogens is 6. The van der Waals surface area contributed by atoms with Crippen LogP contribution in [0.25, 0.3) is 11.3 Å². The van der Waals surface area contributed by atoms with E-state index in [2.05, 4.69) is 4.98 Å². The van der Waals surface area contributed by atoms with Crippen molar-refractivity contribution >= 4 is 11.4 Å². The molecule has 1 unspecified atom stereocenters. The lowest BCUT2D eigenvalue weighted by molar-refractivity contribution is -0.258. The number of benzene rings is 1. The maximum atomic E-state index is 13.9. The fourth-order valence-electron chi connectivity index (χ4n) is 4.40. The highest BCUT2D eigenvalue weighted by Gasteiger charge is 2.50. The van der Waals surface area contributed by atoms with Gasteiger partial charge in [0, 0.05) is 19.2 Å². The number of hydrazine groups is 1. The van der Waals surface area contributed by atoms with Gasteiger partial charge in [0.05, 0.1) is 29.2 Å². The number of nitrogens with two attached hydrogens (primary N) is 2. The van der Waals surface area contributed by atoms with Gasteiger partial charge in [-0.05, 0) is 69.5 Å². The molecule has 0 bridgehead atoms. The molecule has 1 aromatic carbocycles. The van der Waals surface area contributed by atoms with Crippen molar-refractivity contribution < 1.29 is 36.2 Å². The van der Waals surface area contributed by atoms with Crippen LogP contribution in [-0.2, 0) is 6.18 Å². The number of nitrogen functional groups attached to an aromatic ring is 1. The van der Waals surface area contributed by atoms with Gasteiger partial charge in [-0.1, -0.05) is 0 Å². The summed E-state index contributed by atoms with van der Waals surface area (Å²) in [7, 11) is 1.46. The van der Waals surface area contributed by atoms with Crippen LogP contribution in [0.15, 0.2) is 24.3 Å². The zero-order valence-electron chi connectivity index (χ0n) is 21.4. The molecule has 14 heteroatoms. The summed E-state index contributed by atoms with van der Waals surface area (Å²) in [4.78, 5) is 5.59. The van der Waals surface area contributed by atoms with Crippen molar-refractivity contribution in [1.82, 2.24) is 9.88 Å². The topological polar surface area (TPSA) is 125 Å². The number of nitrogens with zero attached hydrogens (tertiary/aromatic N) is 4. The second-order valence-electron chi connectivity index (χ2n) is 9.85. The van der Waals surface area contributed by atoms with Crippen LogP contribution < -0.4 is 21.3 Å². The largest absolute Gasteiger partial charge is 0.493 e. The second-order valence-corrected chi connectivity index (χ2v) is 9.85. The lowest BCUT2D eigenvalue weighted by atomic mass is 9.93. The number of anilines is 2. The third-order valence-corrected chi connectivity index (χ3v) is 6.74. The number of hydrogen-bond acceptors (Lipinski definition) is 8. The molecule has 1 aromatic heterocycles. The van der Waals surface area contributed by atoms with Crippen LogP contribution in [0.5, 0.6) is 5.75 Å². The highest BCUT2D eigenvalue weighted by molar-refractivity contribution is 5.78. The first-order valence-corrected chi connectivity index (χ1v) is 12.1. The predicted octanol–water partition coefficient (Wildman–Crippen LogP) is 4.33. The molecule has 1 fully saturated rings. The Kier molecular flexibility index (Phi) is 8.88. The van der Waals surface area contributed by atoms with Crippen LogP contribution in [0.3, 0.4) is 0 Å². The first-order valence-electron chi connectivity index (χ1n) is 12.1. The van der Waals surface area contributed by atoms with Crippen molar-refractivity contribution in [1.29, 1.82) is 5.26 Å². The summed E-state index contributed by atoms with van der Waals surface area (Å²) in [6.45, 7) is 0.839. The van der Waals surface area contributed by atoms with Gasteiger partial charge in [0.1, 0.15) is 11.8 Å². The summed E-state index contributed by atoms with van der Waals surface area (Å²) >= 11 is 0. The van der Waals surface area contributed by atoms with E-state index in [9.17, 15) is 36.7 Å². The molecule has 1 aliphatic heterocycles. The second kappa shape index (κ2) is 11.4. The number of aliphatic hydroxyl groups is 1. The number of likely N-dealkylation sites (tertiary alicyclic amines) is 1. The number of β-amino-alcohol motifs (C(OH)–C–C–N with tert-alkyl or cyclic N) is 1. The Bertz CT molecular complexity index is 1200. The normalized spacial score (nSPS) is 16.9. The Hall–Kier alpha value is -3.28. The predicted molar refractivity (Wildman–Crippen MR) is 132 cm³/mol. The number of nitriles is 1. The number of aromatic nitrogens is 1. The van der Waals surface area contributed by atoms with Gasteiger partial charge in [-0.15, -0.1) is 0 Å². The van der Waals surface area contributed by atoms with Crippen molar-refractivity contribution in [3.05, 3.63) is 35.5 Å². The number of ether oxygens (including phenoxy) is 1. The van der Waals surface area contributed by atoms with Crippen LogP contribution in [0.1, 0.15) is 37.4 Å². The molecule has 0 amide bonds. The quantitative estimate of drug-likeness (QED) is 0.248. The van der Waals surface area contributed by atoms with Gasteiger partial charge in [0.25, 0.3) is 0 Å². The number of piperidine rings is 1. The van der Waals surface area contributed by atoms with E-state index >= 15 is 0 Å². The number of hydrogen-bond donors (Lipinski definition) is 3. The summed E-state index contributed by atoms with van der Waals surface area (Å²) in [5.74, 6) is 5.41. The maximum Gasteiger partial charge on any atom is 0.419 e. The summed E-state index contributed by atoms with van der Waals surface area (Å²) < 4.78 is 86.0. The van der Waals surface area contributed by atoms with Crippen LogP contribution in [0, 0.1) is 17.2 Å². The van der Waals surface area contributed by atoms with Crippen molar-refractivity contribution in [2.24, 2.45) is 11.8 Å². The average Bonchev–Trinajstić information content (AvgIpc) is 2.83. The minimum absolute atomic E-state index is 0.00110. The van der Waals surface area contributed by atoms with Crippen molar-refractivity contribution in [3.63, 3.8) is 0 Å². The molecule has 3 rings (SSSR count). The van der Waals surface area contributed by atoms with Crippen molar-refractivity contribution in [2.45, 2.75) is 44.1 Å². The van der Waals surface area contributed by atoms with Crippen LogP contribution in [0.4, 0.5) is 37.7 Å². The molecule has 2 aromatic rings. The Balaban J connectivity index is 1.68. The molecule has 2 heterocycles. The monoisotopic (exact) mass is 560 g/mol.